The molecule has 0 amide bonds. The van der Waals surface area contributed by atoms with Crippen LogP contribution in [0.5, 0.6) is 0 Å². The van der Waals surface area contributed by atoms with E-state index >= 15 is 0 Å². The third kappa shape index (κ3) is 2.02. The van der Waals surface area contributed by atoms with Crippen molar-refractivity contribution in [2.75, 3.05) is 0 Å². The van der Waals surface area contributed by atoms with Crippen LogP contribution in [0, 0.1) is 0 Å². The van der Waals surface area contributed by atoms with E-state index in [1.54, 1.807) is 0 Å². The molecule has 0 aromatic rings. The molecule has 1 unspecified atom stereocenters. The maximum Gasteiger partial charge on any atom is 0.100 e. The molecule has 0 aliphatic heterocycles. The van der Waals surface area contributed by atoms with Gasteiger partial charge in [-0.2, -0.15) is 0 Å². The molecule has 1 aliphatic rings. The van der Waals surface area contributed by atoms with Gasteiger partial charge in [0.1, 0.15) is 6.17 Å². The van der Waals surface area contributed by atoms with E-state index in [1.165, 1.54) is 0 Å². The maximum atomic E-state index is 12.4. The first-order valence-electron chi connectivity index (χ1n) is 3.42. The summed E-state index contributed by atoms with van der Waals surface area (Å²) in [4.78, 5) is 0. The molecule has 0 radical (unpaired) electrons. The van der Waals surface area contributed by atoms with Crippen molar-refractivity contribution in [1.29, 1.82) is 0 Å². The number of hydrogen-bond acceptors (Lipinski definition) is 2. The van der Waals surface area contributed by atoms with E-state index in [2.05, 4.69) is 0 Å². The Labute approximate surface area is 62.1 Å². The third-order valence-corrected chi connectivity index (χ3v) is 2.89. The third-order valence-electron chi connectivity index (χ3n) is 1.88. The first-order chi connectivity index (χ1) is 4.70. The largest absolute Gasteiger partial charge is 0.772 e. The number of halogens is 1. The highest BCUT2D eigenvalue weighted by Gasteiger charge is 2.20. The first kappa shape index (κ1) is 8.14. The highest BCUT2D eigenvalue weighted by molar-refractivity contribution is 7.79. The number of alkyl halides is 1. The van der Waals surface area contributed by atoms with E-state index in [1.807, 2.05) is 0 Å². The maximum absolute atomic E-state index is 12.4. The molecule has 0 spiro atoms. The lowest BCUT2D eigenvalue weighted by molar-refractivity contribution is 0.251. The van der Waals surface area contributed by atoms with Gasteiger partial charge >= 0.3 is 0 Å². The van der Waals surface area contributed by atoms with Crippen LogP contribution in [0.3, 0.4) is 0 Å². The SMILES string of the molecule is O=S([O-])C1CCC(F)CC1. The highest BCUT2D eigenvalue weighted by atomic mass is 32.2. The summed E-state index contributed by atoms with van der Waals surface area (Å²) < 4.78 is 33.1. The summed E-state index contributed by atoms with van der Waals surface area (Å²) >= 11 is -1.98. The predicted octanol–water partition coefficient (Wildman–Crippen LogP) is 1.15. The summed E-state index contributed by atoms with van der Waals surface area (Å²) in [6.45, 7) is 0. The summed E-state index contributed by atoms with van der Waals surface area (Å²) in [6, 6.07) is 0. The van der Waals surface area contributed by atoms with Crippen molar-refractivity contribution in [1.82, 2.24) is 0 Å². The van der Waals surface area contributed by atoms with Crippen LogP contribution in [0.25, 0.3) is 0 Å². The average molecular weight is 165 g/mol. The Hall–Kier alpha value is 0.0400. The van der Waals surface area contributed by atoms with Gasteiger partial charge in [0.2, 0.25) is 0 Å². The fourth-order valence-corrected chi connectivity index (χ4v) is 1.87. The molecule has 0 heterocycles. The van der Waals surface area contributed by atoms with Crippen LogP contribution in [0.4, 0.5) is 4.39 Å². The second-order valence-electron chi connectivity index (χ2n) is 2.63. The Kier molecular flexibility index (Phi) is 2.80. The highest BCUT2D eigenvalue weighted by Crippen LogP contribution is 2.23. The first-order valence-corrected chi connectivity index (χ1v) is 4.56. The second kappa shape index (κ2) is 3.44. The van der Waals surface area contributed by atoms with Gasteiger partial charge in [-0.25, -0.2) is 4.39 Å². The van der Waals surface area contributed by atoms with E-state index in [9.17, 15) is 13.2 Å². The molecular formula is C6H10FO2S-. The van der Waals surface area contributed by atoms with E-state index in [-0.39, 0.29) is 5.25 Å². The normalized spacial score (nSPS) is 37.4. The Morgan fingerprint density at radius 1 is 1.30 bits per heavy atom. The zero-order chi connectivity index (χ0) is 7.56. The van der Waals surface area contributed by atoms with Crippen molar-refractivity contribution in [3.05, 3.63) is 0 Å². The molecule has 0 aromatic carbocycles. The van der Waals surface area contributed by atoms with Crippen LogP contribution in [0.15, 0.2) is 0 Å². The minimum Gasteiger partial charge on any atom is -0.772 e. The molecule has 0 aromatic heterocycles. The molecule has 4 heteroatoms. The van der Waals surface area contributed by atoms with Crippen molar-refractivity contribution < 1.29 is 13.2 Å². The van der Waals surface area contributed by atoms with Gasteiger partial charge in [0.05, 0.1) is 0 Å². The molecule has 1 atom stereocenters. The smallest absolute Gasteiger partial charge is 0.100 e. The van der Waals surface area contributed by atoms with Crippen LogP contribution in [0.2, 0.25) is 0 Å². The Balaban J connectivity index is 2.33. The Morgan fingerprint density at radius 3 is 2.20 bits per heavy atom. The second-order valence-corrected chi connectivity index (χ2v) is 3.82. The molecule has 10 heavy (non-hydrogen) atoms. The predicted molar refractivity (Wildman–Crippen MR) is 36.1 cm³/mol. The van der Waals surface area contributed by atoms with Gasteiger partial charge in [-0.1, -0.05) is 11.1 Å². The summed E-state index contributed by atoms with van der Waals surface area (Å²) in [7, 11) is 0. The zero-order valence-electron chi connectivity index (χ0n) is 5.59. The lowest BCUT2D eigenvalue weighted by Gasteiger charge is -2.25. The average Bonchev–Trinajstić information content (AvgIpc) is 1.88. The molecule has 1 saturated carbocycles. The molecule has 60 valence electrons. The van der Waals surface area contributed by atoms with Gasteiger partial charge in [0.25, 0.3) is 0 Å². The number of hydrogen-bond donors (Lipinski definition) is 0. The van der Waals surface area contributed by atoms with Gasteiger partial charge in [-0.3, -0.25) is 4.21 Å². The van der Waals surface area contributed by atoms with Crippen LogP contribution >= 0.6 is 0 Å². The monoisotopic (exact) mass is 165 g/mol. The zero-order valence-corrected chi connectivity index (χ0v) is 6.40. The molecule has 0 bridgehead atoms. The summed E-state index contributed by atoms with van der Waals surface area (Å²) in [5.74, 6) is 0. The van der Waals surface area contributed by atoms with E-state index < -0.39 is 17.3 Å². The van der Waals surface area contributed by atoms with Gasteiger partial charge < -0.3 is 4.55 Å². The minimum atomic E-state index is -1.98. The molecule has 0 saturated heterocycles. The van der Waals surface area contributed by atoms with E-state index in [4.69, 9.17) is 0 Å². The van der Waals surface area contributed by atoms with Crippen LogP contribution in [-0.2, 0) is 11.1 Å². The van der Waals surface area contributed by atoms with Gasteiger partial charge in [0.15, 0.2) is 0 Å². The molecule has 1 aliphatic carbocycles. The molecule has 1 fully saturated rings. The van der Waals surface area contributed by atoms with Crippen molar-refractivity contribution >= 4 is 11.1 Å². The van der Waals surface area contributed by atoms with Crippen LogP contribution in [0.1, 0.15) is 25.7 Å². The van der Waals surface area contributed by atoms with Crippen molar-refractivity contribution in [2.45, 2.75) is 37.1 Å². The van der Waals surface area contributed by atoms with Gasteiger partial charge in [-0.15, -0.1) is 0 Å². The molecule has 1 rings (SSSR count). The van der Waals surface area contributed by atoms with Crippen molar-refractivity contribution in [3.8, 4) is 0 Å². The minimum absolute atomic E-state index is 0.285. The van der Waals surface area contributed by atoms with Crippen molar-refractivity contribution in [2.24, 2.45) is 0 Å². The van der Waals surface area contributed by atoms with Crippen molar-refractivity contribution in [3.63, 3.8) is 0 Å². The molecular weight excluding hydrogens is 155 g/mol. The van der Waals surface area contributed by atoms with E-state index in [0.29, 0.717) is 25.7 Å². The topological polar surface area (TPSA) is 40.1 Å². The standard InChI is InChI=1S/C6H11FO2S/c7-5-1-3-6(4-2-5)10(8)9/h5-6H,1-4H2,(H,8,9)/p-1. The summed E-state index contributed by atoms with van der Waals surface area (Å²) in [5.41, 5.74) is 0. The van der Waals surface area contributed by atoms with Crippen LogP contribution in [-0.4, -0.2) is 20.2 Å². The lowest BCUT2D eigenvalue weighted by Crippen LogP contribution is -2.23. The fraction of sp³-hybridized carbons (Fsp3) is 1.00. The van der Waals surface area contributed by atoms with Crippen LogP contribution < -0.4 is 0 Å². The summed E-state index contributed by atoms with van der Waals surface area (Å²) in [6.07, 6.45) is 1.06. The Morgan fingerprint density at radius 2 is 1.80 bits per heavy atom. The fourth-order valence-electron chi connectivity index (χ4n) is 1.21. The lowest BCUT2D eigenvalue weighted by atomic mass is 9.99. The van der Waals surface area contributed by atoms with Gasteiger partial charge in [-0.05, 0) is 25.7 Å². The van der Waals surface area contributed by atoms with E-state index in [0.717, 1.165) is 0 Å². The van der Waals surface area contributed by atoms with Gasteiger partial charge in [0, 0.05) is 5.25 Å². The molecule has 2 nitrogen and oxygen atoms in total. The molecule has 0 N–H and O–H groups in total. The summed E-state index contributed by atoms with van der Waals surface area (Å²) in [5, 5.41) is -0.285. The number of rotatable bonds is 1. The quantitative estimate of drug-likeness (QED) is 0.547. The Bertz CT molecular complexity index is 132.